The lowest BCUT2D eigenvalue weighted by Crippen LogP contribution is -2.38. The normalized spacial score (nSPS) is 17.9. The average molecular weight is 350 g/mol. The number of rotatable bonds is 7. The Balaban J connectivity index is 1.80. The molecule has 7 nitrogen and oxygen atoms in total. The number of carbonyl (C=O) groups is 2. The Morgan fingerprint density at radius 3 is 2.52 bits per heavy atom. The molecule has 1 unspecified atom stereocenters. The van der Waals surface area contributed by atoms with Crippen molar-refractivity contribution >= 4 is 11.9 Å². The summed E-state index contributed by atoms with van der Waals surface area (Å²) in [6.07, 6.45) is 2.54. The number of aliphatic carboxylic acids is 1. The van der Waals surface area contributed by atoms with Gasteiger partial charge in [-0.3, -0.25) is 14.5 Å². The topological polar surface area (TPSA) is 79.3 Å². The third-order valence-corrected chi connectivity index (χ3v) is 4.48. The molecule has 1 saturated heterocycles. The van der Waals surface area contributed by atoms with E-state index in [1.165, 1.54) is 0 Å². The van der Waals surface area contributed by atoms with Crippen LogP contribution >= 0.6 is 0 Å². The van der Waals surface area contributed by atoms with Crippen molar-refractivity contribution in [1.82, 2.24) is 9.80 Å². The number of amides is 1. The fraction of sp³-hybridized carbons (Fsp3) is 0.556. The quantitative estimate of drug-likeness (QED) is 0.802. The standard InChI is InChI=1S/C18H26N2O5/c1-19(12-18(22)23)14-4-3-10-20(11-9-14)17(21)13-25-16-7-5-15(24-2)6-8-16/h5-8,14H,3-4,9-13H2,1-2H3,(H,22,23). The minimum Gasteiger partial charge on any atom is -0.497 e. The minimum absolute atomic E-state index is 0.00195. The van der Waals surface area contributed by atoms with Crippen LogP contribution in [0.3, 0.4) is 0 Å². The van der Waals surface area contributed by atoms with Gasteiger partial charge in [-0.05, 0) is 50.6 Å². The third kappa shape index (κ3) is 5.94. The highest BCUT2D eigenvalue weighted by molar-refractivity contribution is 5.77. The van der Waals surface area contributed by atoms with Gasteiger partial charge in [-0.1, -0.05) is 0 Å². The van der Waals surface area contributed by atoms with Crippen molar-refractivity contribution in [3.05, 3.63) is 24.3 Å². The van der Waals surface area contributed by atoms with Crippen LogP contribution in [0.4, 0.5) is 0 Å². The fourth-order valence-electron chi connectivity index (χ4n) is 3.02. The Morgan fingerprint density at radius 2 is 1.88 bits per heavy atom. The number of nitrogens with zero attached hydrogens (tertiary/aromatic N) is 2. The lowest BCUT2D eigenvalue weighted by atomic mass is 10.1. The monoisotopic (exact) mass is 350 g/mol. The molecule has 0 saturated carbocycles. The van der Waals surface area contributed by atoms with Gasteiger partial charge in [0.25, 0.3) is 5.91 Å². The molecule has 1 aromatic carbocycles. The van der Waals surface area contributed by atoms with E-state index in [1.807, 2.05) is 11.9 Å². The number of likely N-dealkylation sites (N-methyl/N-ethyl adjacent to an activating group) is 1. The average Bonchev–Trinajstić information content (AvgIpc) is 2.86. The molecular weight excluding hydrogens is 324 g/mol. The Hall–Kier alpha value is -2.28. The van der Waals surface area contributed by atoms with Crippen LogP contribution in [0.5, 0.6) is 11.5 Å². The zero-order valence-corrected chi connectivity index (χ0v) is 14.8. The second-order valence-electron chi connectivity index (χ2n) is 6.24. The number of hydrogen-bond donors (Lipinski definition) is 1. The molecule has 1 N–H and O–H groups in total. The van der Waals surface area contributed by atoms with Crippen LogP contribution in [0.1, 0.15) is 19.3 Å². The van der Waals surface area contributed by atoms with Gasteiger partial charge in [0.1, 0.15) is 11.5 Å². The van der Waals surface area contributed by atoms with Gasteiger partial charge in [-0.25, -0.2) is 0 Å². The van der Waals surface area contributed by atoms with E-state index in [9.17, 15) is 9.59 Å². The first kappa shape index (κ1) is 19.1. The predicted octanol–water partition coefficient (Wildman–Crippen LogP) is 1.47. The largest absolute Gasteiger partial charge is 0.497 e. The summed E-state index contributed by atoms with van der Waals surface area (Å²) in [7, 11) is 3.42. The zero-order valence-electron chi connectivity index (χ0n) is 14.8. The molecule has 0 aliphatic carbocycles. The first-order valence-corrected chi connectivity index (χ1v) is 8.46. The van der Waals surface area contributed by atoms with Gasteiger partial charge in [0.15, 0.2) is 6.61 Å². The van der Waals surface area contributed by atoms with Crippen molar-refractivity contribution in [3.8, 4) is 11.5 Å². The van der Waals surface area contributed by atoms with E-state index in [0.717, 1.165) is 25.0 Å². The Labute approximate surface area is 148 Å². The van der Waals surface area contributed by atoms with Gasteiger partial charge >= 0.3 is 5.97 Å². The predicted molar refractivity (Wildman–Crippen MR) is 93.0 cm³/mol. The van der Waals surface area contributed by atoms with Gasteiger partial charge in [-0.15, -0.1) is 0 Å². The maximum absolute atomic E-state index is 12.4. The first-order chi connectivity index (χ1) is 12.0. The first-order valence-electron chi connectivity index (χ1n) is 8.46. The van der Waals surface area contributed by atoms with E-state index < -0.39 is 5.97 Å². The maximum Gasteiger partial charge on any atom is 0.317 e. The van der Waals surface area contributed by atoms with Crippen LogP contribution in [-0.2, 0) is 9.59 Å². The maximum atomic E-state index is 12.4. The number of ether oxygens (including phenoxy) is 2. The lowest BCUT2D eigenvalue weighted by molar-refractivity contribution is -0.138. The number of carboxylic acids is 1. The summed E-state index contributed by atoms with van der Waals surface area (Å²) in [6.45, 7) is 1.34. The van der Waals surface area contributed by atoms with Crippen molar-refractivity contribution in [3.63, 3.8) is 0 Å². The summed E-state index contributed by atoms with van der Waals surface area (Å²) < 4.78 is 10.6. The van der Waals surface area contributed by atoms with E-state index in [0.29, 0.717) is 18.8 Å². The summed E-state index contributed by atoms with van der Waals surface area (Å²) in [4.78, 5) is 26.9. The SMILES string of the molecule is COc1ccc(OCC(=O)N2CCCC(N(C)CC(=O)O)CC2)cc1. The molecule has 1 atom stereocenters. The van der Waals surface area contributed by atoms with Gasteiger partial charge in [0, 0.05) is 19.1 Å². The number of benzene rings is 1. The van der Waals surface area contributed by atoms with Gasteiger partial charge in [0.05, 0.1) is 13.7 Å². The zero-order chi connectivity index (χ0) is 18.2. The summed E-state index contributed by atoms with van der Waals surface area (Å²) in [5, 5.41) is 8.91. The third-order valence-electron chi connectivity index (χ3n) is 4.48. The van der Waals surface area contributed by atoms with Gasteiger partial charge in [0.2, 0.25) is 0 Å². The number of carboxylic acid groups (broad SMARTS) is 1. The molecule has 1 aliphatic rings. The summed E-state index contributed by atoms with van der Waals surface area (Å²) >= 11 is 0. The summed E-state index contributed by atoms with van der Waals surface area (Å²) in [5.74, 6) is 0.496. The van der Waals surface area contributed by atoms with Crippen LogP contribution in [0.25, 0.3) is 0 Å². The van der Waals surface area contributed by atoms with Crippen molar-refractivity contribution in [1.29, 1.82) is 0 Å². The molecule has 7 heteroatoms. The van der Waals surface area contributed by atoms with E-state index in [-0.39, 0.29) is 25.1 Å². The summed E-state index contributed by atoms with van der Waals surface area (Å²) in [5.41, 5.74) is 0. The van der Waals surface area contributed by atoms with Crippen LogP contribution in [-0.4, -0.2) is 73.2 Å². The second-order valence-corrected chi connectivity index (χ2v) is 6.24. The smallest absolute Gasteiger partial charge is 0.317 e. The molecule has 1 heterocycles. The van der Waals surface area contributed by atoms with Crippen molar-refractivity contribution in [2.24, 2.45) is 0 Å². The molecule has 138 valence electrons. The molecule has 1 fully saturated rings. The van der Waals surface area contributed by atoms with Gasteiger partial charge < -0.3 is 19.5 Å². The molecule has 0 bridgehead atoms. The Bertz CT molecular complexity index is 575. The minimum atomic E-state index is -0.826. The van der Waals surface area contributed by atoms with Gasteiger partial charge in [-0.2, -0.15) is 0 Å². The molecule has 0 aromatic heterocycles. The van der Waals surface area contributed by atoms with Crippen molar-refractivity contribution in [2.75, 3.05) is 40.4 Å². The molecule has 25 heavy (non-hydrogen) atoms. The van der Waals surface area contributed by atoms with E-state index in [4.69, 9.17) is 14.6 Å². The van der Waals surface area contributed by atoms with E-state index in [2.05, 4.69) is 0 Å². The van der Waals surface area contributed by atoms with Crippen molar-refractivity contribution in [2.45, 2.75) is 25.3 Å². The van der Waals surface area contributed by atoms with Crippen LogP contribution in [0.15, 0.2) is 24.3 Å². The molecule has 0 radical (unpaired) electrons. The number of methoxy groups -OCH3 is 1. The molecular formula is C18H26N2O5. The second kappa shape index (κ2) is 9.27. The van der Waals surface area contributed by atoms with E-state index in [1.54, 1.807) is 36.3 Å². The molecule has 1 amide bonds. The lowest BCUT2D eigenvalue weighted by Gasteiger charge is -2.25. The highest BCUT2D eigenvalue weighted by Gasteiger charge is 2.24. The van der Waals surface area contributed by atoms with Crippen LogP contribution < -0.4 is 9.47 Å². The highest BCUT2D eigenvalue weighted by Crippen LogP contribution is 2.18. The number of carbonyl (C=O) groups excluding carboxylic acids is 1. The number of hydrogen-bond acceptors (Lipinski definition) is 5. The molecule has 1 aromatic rings. The van der Waals surface area contributed by atoms with Crippen LogP contribution in [0, 0.1) is 0 Å². The summed E-state index contributed by atoms with van der Waals surface area (Å²) in [6, 6.07) is 7.30. The fourth-order valence-corrected chi connectivity index (χ4v) is 3.02. The molecule has 0 spiro atoms. The van der Waals surface area contributed by atoms with Crippen LogP contribution in [0.2, 0.25) is 0 Å². The van der Waals surface area contributed by atoms with Crippen molar-refractivity contribution < 1.29 is 24.2 Å². The Kier molecular flexibility index (Phi) is 7.06. The highest BCUT2D eigenvalue weighted by atomic mass is 16.5. The number of likely N-dealkylation sites (tertiary alicyclic amines) is 1. The Morgan fingerprint density at radius 1 is 1.20 bits per heavy atom. The molecule has 1 aliphatic heterocycles. The molecule has 2 rings (SSSR count). The van der Waals surface area contributed by atoms with E-state index >= 15 is 0 Å².